The Labute approximate surface area is 194 Å². The molecule has 1 aromatic carbocycles. The lowest BCUT2D eigenvalue weighted by Gasteiger charge is -2.32. The number of carbonyl (C=O) groups is 1. The highest BCUT2D eigenvalue weighted by molar-refractivity contribution is 7.99. The molecular weight excluding hydrogens is 440 g/mol. The Kier molecular flexibility index (Phi) is 5.69. The fourth-order valence-corrected chi connectivity index (χ4v) is 4.03. The minimum atomic E-state index is -0.333. The first-order chi connectivity index (χ1) is 16.0. The number of aromatic nitrogens is 5. The molecule has 0 saturated carbocycles. The minimum absolute atomic E-state index is 0.205. The van der Waals surface area contributed by atoms with Crippen LogP contribution in [0.15, 0.2) is 57.3 Å². The van der Waals surface area contributed by atoms with Gasteiger partial charge in [0.05, 0.1) is 5.69 Å². The standard InChI is InChI=1S/C22H22N8O2S/c1-13-10-18(29-28-13)25-17-11-19(30-8-3-9-30)27-22(26-17)33-16-6-4-15(5-7-16)24-21(31)20-14(2)23-12-32-20/h4-7,10-12H,3,8-9H2,1-2H3,(H,24,31)(H2,25,26,27,28,29). The fraction of sp³-hybridized carbons (Fsp3) is 0.227. The van der Waals surface area contributed by atoms with Crippen LogP contribution in [0.4, 0.5) is 23.1 Å². The number of anilines is 4. The Balaban J connectivity index is 1.32. The molecule has 4 aromatic rings. The number of hydrogen-bond donors (Lipinski definition) is 3. The van der Waals surface area contributed by atoms with E-state index in [0.717, 1.165) is 35.9 Å². The van der Waals surface area contributed by atoms with Gasteiger partial charge < -0.3 is 20.0 Å². The van der Waals surface area contributed by atoms with Crippen molar-refractivity contribution in [3.8, 4) is 0 Å². The summed E-state index contributed by atoms with van der Waals surface area (Å²) in [4.78, 5) is 28.8. The van der Waals surface area contributed by atoms with Crippen molar-refractivity contribution in [2.75, 3.05) is 28.6 Å². The van der Waals surface area contributed by atoms with Crippen molar-refractivity contribution in [2.45, 2.75) is 30.3 Å². The Morgan fingerprint density at radius 2 is 1.94 bits per heavy atom. The highest BCUT2D eigenvalue weighted by Crippen LogP contribution is 2.31. The zero-order valence-corrected chi connectivity index (χ0v) is 18.9. The summed E-state index contributed by atoms with van der Waals surface area (Å²) in [5.74, 6) is 2.16. The molecule has 3 N–H and O–H groups in total. The van der Waals surface area contributed by atoms with Crippen LogP contribution in [0.2, 0.25) is 0 Å². The van der Waals surface area contributed by atoms with Gasteiger partial charge in [-0.2, -0.15) is 5.10 Å². The lowest BCUT2D eigenvalue weighted by Crippen LogP contribution is -2.37. The first-order valence-corrected chi connectivity index (χ1v) is 11.3. The van der Waals surface area contributed by atoms with Gasteiger partial charge in [0, 0.05) is 41.5 Å². The van der Waals surface area contributed by atoms with Gasteiger partial charge in [0.25, 0.3) is 5.91 Å². The summed E-state index contributed by atoms with van der Waals surface area (Å²) >= 11 is 1.45. The SMILES string of the molecule is Cc1cc(Nc2cc(N3CCC3)nc(Sc3ccc(NC(=O)c4ocnc4C)cc3)n2)n[nH]1. The van der Waals surface area contributed by atoms with Crippen LogP contribution in [0.5, 0.6) is 0 Å². The van der Waals surface area contributed by atoms with Crippen molar-refractivity contribution >= 4 is 40.8 Å². The number of nitrogens with zero attached hydrogens (tertiary/aromatic N) is 5. The van der Waals surface area contributed by atoms with Crippen LogP contribution in [0, 0.1) is 13.8 Å². The molecule has 0 atom stereocenters. The maximum absolute atomic E-state index is 12.3. The molecule has 0 spiro atoms. The van der Waals surface area contributed by atoms with Gasteiger partial charge in [-0.3, -0.25) is 9.89 Å². The van der Waals surface area contributed by atoms with Gasteiger partial charge in [0.1, 0.15) is 11.6 Å². The molecule has 3 aromatic heterocycles. The minimum Gasteiger partial charge on any atom is -0.438 e. The molecule has 1 amide bonds. The average Bonchev–Trinajstić information content (AvgIpc) is 3.36. The van der Waals surface area contributed by atoms with Crippen LogP contribution < -0.4 is 15.5 Å². The Morgan fingerprint density at radius 1 is 1.12 bits per heavy atom. The third-order valence-electron chi connectivity index (χ3n) is 5.11. The second-order valence-corrected chi connectivity index (χ2v) is 8.68. The predicted molar refractivity (Wildman–Crippen MR) is 125 cm³/mol. The topological polar surface area (TPSA) is 125 Å². The number of nitrogens with one attached hydrogen (secondary N) is 3. The largest absolute Gasteiger partial charge is 0.438 e. The number of H-pyrrole nitrogens is 1. The van der Waals surface area contributed by atoms with Crippen molar-refractivity contribution < 1.29 is 9.21 Å². The molecule has 10 nitrogen and oxygen atoms in total. The summed E-state index contributed by atoms with van der Waals surface area (Å²) < 4.78 is 5.14. The van der Waals surface area contributed by atoms with E-state index in [-0.39, 0.29) is 11.7 Å². The summed E-state index contributed by atoms with van der Waals surface area (Å²) in [6, 6.07) is 11.4. The molecule has 5 rings (SSSR count). The van der Waals surface area contributed by atoms with E-state index in [1.54, 1.807) is 6.92 Å². The van der Waals surface area contributed by atoms with Crippen molar-refractivity contribution in [3.05, 3.63) is 59.9 Å². The summed E-state index contributed by atoms with van der Waals surface area (Å²) in [7, 11) is 0. The lowest BCUT2D eigenvalue weighted by atomic mass is 10.2. The quantitative estimate of drug-likeness (QED) is 0.347. The van der Waals surface area contributed by atoms with Gasteiger partial charge in [-0.05, 0) is 56.3 Å². The fourth-order valence-electron chi connectivity index (χ4n) is 3.26. The van der Waals surface area contributed by atoms with Crippen LogP contribution in [-0.2, 0) is 0 Å². The van der Waals surface area contributed by atoms with Crippen molar-refractivity contribution in [3.63, 3.8) is 0 Å². The van der Waals surface area contributed by atoms with Crippen molar-refractivity contribution in [1.82, 2.24) is 25.1 Å². The van der Waals surface area contributed by atoms with Crippen LogP contribution in [-0.4, -0.2) is 44.1 Å². The Morgan fingerprint density at radius 3 is 2.58 bits per heavy atom. The van der Waals surface area contributed by atoms with Crippen molar-refractivity contribution in [1.29, 1.82) is 0 Å². The zero-order valence-electron chi connectivity index (χ0n) is 18.1. The van der Waals surface area contributed by atoms with Gasteiger partial charge >= 0.3 is 0 Å². The summed E-state index contributed by atoms with van der Waals surface area (Å²) in [6.07, 6.45) is 2.42. The van der Waals surface area contributed by atoms with Gasteiger partial charge in [-0.1, -0.05) is 0 Å². The number of oxazole rings is 1. The second kappa shape index (κ2) is 8.94. The predicted octanol–water partition coefficient (Wildman–Crippen LogP) is 4.16. The van der Waals surface area contributed by atoms with Crippen molar-refractivity contribution in [2.24, 2.45) is 0 Å². The first kappa shape index (κ1) is 21.0. The van der Waals surface area contributed by atoms with E-state index < -0.39 is 0 Å². The molecule has 33 heavy (non-hydrogen) atoms. The summed E-state index contributed by atoms with van der Waals surface area (Å²) in [5, 5.41) is 13.8. The Bertz CT molecular complexity index is 1280. The molecule has 1 fully saturated rings. The Hall–Kier alpha value is -3.86. The number of aryl methyl sites for hydroxylation is 2. The number of rotatable bonds is 7. The highest BCUT2D eigenvalue weighted by atomic mass is 32.2. The van der Waals surface area contributed by atoms with E-state index in [9.17, 15) is 4.79 Å². The number of aromatic amines is 1. The van der Waals surface area contributed by atoms with Gasteiger partial charge in [-0.15, -0.1) is 0 Å². The molecule has 0 bridgehead atoms. The molecule has 11 heteroatoms. The van der Waals surface area contributed by atoms with E-state index in [0.29, 0.717) is 28.2 Å². The highest BCUT2D eigenvalue weighted by Gasteiger charge is 2.19. The molecule has 168 valence electrons. The number of hydrogen-bond acceptors (Lipinski definition) is 9. The molecular formula is C22H22N8O2S. The van der Waals surface area contributed by atoms with E-state index in [2.05, 4.69) is 35.7 Å². The van der Waals surface area contributed by atoms with E-state index in [4.69, 9.17) is 9.40 Å². The van der Waals surface area contributed by atoms with Crippen LogP contribution in [0.25, 0.3) is 0 Å². The van der Waals surface area contributed by atoms with Gasteiger partial charge in [-0.25, -0.2) is 15.0 Å². The molecule has 1 aliphatic rings. The molecule has 0 aliphatic carbocycles. The summed E-state index contributed by atoms with van der Waals surface area (Å²) in [6.45, 7) is 5.65. The van der Waals surface area contributed by atoms with Crippen LogP contribution >= 0.6 is 11.8 Å². The number of benzene rings is 1. The molecule has 4 heterocycles. The normalized spacial score (nSPS) is 13.0. The smallest absolute Gasteiger partial charge is 0.293 e. The average molecular weight is 463 g/mol. The zero-order chi connectivity index (χ0) is 22.8. The monoisotopic (exact) mass is 462 g/mol. The third-order valence-corrected chi connectivity index (χ3v) is 5.98. The van der Waals surface area contributed by atoms with Crippen LogP contribution in [0.3, 0.4) is 0 Å². The van der Waals surface area contributed by atoms with E-state index in [1.807, 2.05) is 43.3 Å². The second-order valence-electron chi connectivity index (χ2n) is 7.64. The van der Waals surface area contributed by atoms with Gasteiger partial charge in [0.2, 0.25) is 5.76 Å². The number of carbonyl (C=O) groups excluding carboxylic acids is 1. The van der Waals surface area contributed by atoms with Gasteiger partial charge in [0.15, 0.2) is 17.4 Å². The first-order valence-electron chi connectivity index (χ1n) is 10.5. The molecule has 0 radical (unpaired) electrons. The molecule has 1 aliphatic heterocycles. The maximum atomic E-state index is 12.3. The number of amides is 1. The van der Waals surface area contributed by atoms with Crippen LogP contribution in [0.1, 0.15) is 28.4 Å². The van der Waals surface area contributed by atoms with E-state index in [1.165, 1.54) is 18.2 Å². The molecule has 1 saturated heterocycles. The third kappa shape index (κ3) is 4.82. The lowest BCUT2D eigenvalue weighted by molar-refractivity contribution is 0.0996. The summed E-state index contributed by atoms with van der Waals surface area (Å²) in [5.41, 5.74) is 2.18. The maximum Gasteiger partial charge on any atom is 0.293 e. The molecule has 0 unspecified atom stereocenters. The van der Waals surface area contributed by atoms with E-state index >= 15 is 0 Å².